The number of anilines is 3. The van der Waals surface area contributed by atoms with Crippen molar-refractivity contribution in [3.8, 4) is 0 Å². The van der Waals surface area contributed by atoms with Crippen molar-refractivity contribution in [2.24, 2.45) is 0 Å². The number of piperidine rings is 1. The molecule has 2 aliphatic heterocycles. The highest BCUT2D eigenvalue weighted by Gasteiger charge is 2.40. The lowest BCUT2D eigenvalue weighted by atomic mass is 9.78. The summed E-state index contributed by atoms with van der Waals surface area (Å²) in [6, 6.07) is 0.449. The highest BCUT2D eigenvalue weighted by Crippen LogP contribution is 2.39. The quantitative estimate of drug-likeness (QED) is 0.655. The van der Waals surface area contributed by atoms with E-state index in [1.54, 1.807) is 13.1 Å². The van der Waals surface area contributed by atoms with Crippen LogP contribution in [0.15, 0.2) is 12.4 Å². The maximum atomic E-state index is 13.2. The largest absolute Gasteiger partial charge is 0.421 e. The van der Waals surface area contributed by atoms with Gasteiger partial charge in [0.1, 0.15) is 11.4 Å². The Morgan fingerprint density at radius 2 is 2.13 bits per heavy atom. The van der Waals surface area contributed by atoms with Gasteiger partial charge in [0.15, 0.2) is 0 Å². The SMILES string of the molecule is CCNc1nc(Nc2cn[nH]c2[C@@]2(C)CCCN(C3COC3)C2)ncc1C(F)(F)F. The fourth-order valence-electron chi connectivity index (χ4n) is 4.14. The Hall–Kier alpha value is -2.40. The van der Waals surface area contributed by atoms with E-state index < -0.39 is 11.7 Å². The van der Waals surface area contributed by atoms with Gasteiger partial charge < -0.3 is 15.4 Å². The van der Waals surface area contributed by atoms with Crippen LogP contribution in [0.2, 0.25) is 0 Å². The van der Waals surface area contributed by atoms with Gasteiger partial charge in [0.05, 0.1) is 36.8 Å². The Morgan fingerprint density at radius 1 is 1.33 bits per heavy atom. The number of ether oxygens (including phenoxy) is 1. The number of hydrogen-bond donors (Lipinski definition) is 3. The van der Waals surface area contributed by atoms with Crippen LogP contribution in [0.4, 0.5) is 30.6 Å². The molecule has 4 heterocycles. The van der Waals surface area contributed by atoms with Gasteiger partial charge in [-0.15, -0.1) is 0 Å². The maximum absolute atomic E-state index is 13.2. The van der Waals surface area contributed by atoms with Crippen LogP contribution in [0.25, 0.3) is 0 Å². The molecular weight excluding hydrogens is 399 g/mol. The predicted molar refractivity (Wildman–Crippen MR) is 106 cm³/mol. The molecule has 2 aromatic rings. The van der Waals surface area contributed by atoms with Gasteiger partial charge in [-0.25, -0.2) is 4.98 Å². The first-order chi connectivity index (χ1) is 14.3. The third kappa shape index (κ3) is 4.08. The average Bonchev–Trinajstić information content (AvgIpc) is 3.09. The second-order valence-corrected chi connectivity index (χ2v) is 8.09. The fraction of sp³-hybridized carbons (Fsp3) is 0.632. The number of aromatic amines is 1. The van der Waals surface area contributed by atoms with E-state index >= 15 is 0 Å². The summed E-state index contributed by atoms with van der Waals surface area (Å²) >= 11 is 0. The second-order valence-electron chi connectivity index (χ2n) is 8.09. The number of rotatable bonds is 6. The highest BCUT2D eigenvalue weighted by molar-refractivity contribution is 5.59. The van der Waals surface area contributed by atoms with Crippen LogP contribution in [-0.2, 0) is 16.3 Å². The molecule has 2 fully saturated rings. The van der Waals surface area contributed by atoms with Crippen LogP contribution >= 0.6 is 0 Å². The van der Waals surface area contributed by atoms with Crippen LogP contribution in [0.3, 0.4) is 0 Å². The predicted octanol–water partition coefficient (Wildman–Crippen LogP) is 3.15. The molecule has 1 atom stereocenters. The van der Waals surface area contributed by atoms with Gasteiger partial charge in [0.25, 0.3) is 0 Å². The zero-order valence-electron chi connectivity index (χ0n) is 17.0. The summed E-state index contributed by atoms with van der Waals surface area (Å²) < 4.78 is 45.0. The molecule has 0 radical (unpaired) electrons. The summed E-state index contributed by atoms with van der Waals surface area (Å²) in [5.41, 5.74) is 0.510. The minimum atomic E-state index is -4.53. The van der Waals surface area contributed by atoms with Gasteiger partial charge in [-0.05, 0) is 26.3 Å². The van der Waals surface area contributed by atoms with E-state index in [9.17, 15) is 13.2 Å². The molecule has 2 aromatic heterocycles. The van der Waals surface area contributed by atoms with Crippen molar-refractivity contribution < 1.29 is 17.9 Å². The molecule has 164 valence electrons. The smallest absolute Gasteiger partial charge is 0.378 e. The van der Waals surface area contributed by atoms with Gasteiger partial charge >= 0.3 is 6.18 Å². The summed E-state index contributed by atoms with van der Waals surface area (Å²) in [7, 11) is 0. The molecule has 0 saturated carbocycles. The van der Waals surface area contributed by atoms with Gasteiger partial charge in [-0.1, -0.05) is 6.92 Å². The molecule has 0 amide bonds. The van der Waals surface area contributed by atoms with E-state index in [0.29, 0.717) is 18.3 Å². The summed E-state index contributed by atoms with van der Waals surface area (Å²) in [5.74, 6) is -0.155. The average molecular weight is 425 g/mol. The van der Waals surface area contributed by atoms with Crippen LogP contribution in [-0.4, -0.2) is 64.0 Å². The lowest BCUT2D eigenvalue weighted by molar-refractivity contribution is -0.137. The first kappa shape index (κ1) is 20.9. The standard InChI is InChI=1S/C19H26F3N7O/c1-3-23-16-13(19(20,21)22)7-24-17(27-16)26-14-8-25-28-15(14)18(2)5-4-6-29(11-18)12-9-30-10-12/h7-8,12H,3-6,9-11H2,1-2H3,(H,25,28)(H2,23,24,26,27)/t18-/m0/s1. The number of halogens is 3. The Kier molecular flexibility index (Phi) is 5.58. The lowest BCUT2D eigenvalue weighted by Gasteiger charge is -2.46. The number of hydrogen-bond acceptors (Lipinski definition) is 7. The van der Waals surface area contributed by atoms with Crippen molar-refractivity contribution in [3.05, 3.63) is 23.7 Å². The third-order valence-corrected chi connectivity index (χ3v) is 5.79. The highest BCUT2D eigenvalue weighted by atomic mass is 19.4. The normalized spacial score (nSPS) is 23.2. The van der Waals surface area contributed by atoms with Gasteiger partial charge in [0.2, 0.25) is 5.95 Å². The Labute approximate surface area is 172 Å². The molecule has 0 spiro atoms. The van der Waals surface area contributed by atoms with E-state index in [1.807, 2.05) is 0 Å². The van der Waals surface area contributed by atoms with Gasteiger partial charge in [-0.3, -0.25) is 10.00 Å². The van der Waals surface area contributed by atoms with Crippen molar-refractivity contribution in [3.63, 3.8) is 0 Å². The van der Waals surface area contributed by atoms with E-state index in [-0.39, 0.29) is 17.2 Å². The summed E-state index contributed by atoms with van der Waals surface area (Å²) in [6.45, 7) is 7.62. The molecule has 2 saturated heterocycles. The number of nitrogens with one attached hydrogen (secondary N) is 3. The summed E-state index contributed by atoms with van der Waals surface area (Å²) in [5, 5.41) is 13.0. The number of nitrogens with zero attached hydrogens (tertiary/aromatic N) is 4. The molecule has 8 nitrogen and oxygen atoms in total. The summed E-state index contributed by atoms with van der Waals surface area (Å²) in [6.07, 6.45) is -0.0773. The van der Waals surface area contributed by atoms with Gasteiger partial charge in [0, 0.05) is 24.7 Å². The molecule has 0 aromatic carbocycles. The van der Waals surface area contributed by atoms with Crippen LogP contribution in [0, 0.1) is 0 Å². The lowest BCUT2D eigenvalue weighted by Crippen LogP contribution is -2.56. The zero-order chi connectivity index (χ0) is 21.4. The monoisotopic (exact) mass is 425 g/mol. The van der Waals surface area contributed by atoms with Crippen molar-refractivity contribution in [2.45, 2.75) is 44.3 Å². The van der Waals surface area contributed by atoms with Gasteiger partial charge in [-0.2, -0.15) is 23.3 Å². The molecule has 4 rings (SSSR count). The number of likely N-dealkylation sites (tertiary alicyclic amines) is 1. The molecule has 2 aliphatic rings. The topological polar surface area (TPSA) is 91.0 Å². The fourth-order valence-corrected chi connectivity index (χ4v) is 4.14. The van der Waals surface area contributed by atoms with E-state index in [2.05, 4.69) is 42.6 Å². The molecule has 3 N–H and O–H groups in total. The molecule has 30 heavy (non-hydrogen) atoms. The Bertz CT molecular complexity index is 883. The maximum Gasteiger partial charge on any atom is 0.421 e. The zero-order valence-corrected chi connectivity index (χ0v) is 17.0. The van der Waals surface area contributed by atoms with Crippen molar-refractivity contribution in [1.82, 2.24) is 25.1 Å². The first-order valence-electron chi connectivity index (χ1n) is 10.1. The Balaban J connectivity index is 1.57. The van der Waals surface area contributed by atoms with Crippen LogP contribution < -0.4 is 10.6 Å². The number of alkyl halides is 3. The second kappa shape index (κ2) is 8.03. The molecule has 0 bridgehead atoms. The minimum Gasteiger partial charge on any atom is -0.378 e. The molecule has 11 heteroatoms. The minimum absolute atomic E-state index is 0.0882. The number of aromatic nitrogens is 4. The molecule has 0 aliphatic carbocycles. The van der Waals surface area contributed by atoms with Crippen LogP contribution in [0.1, 0.15) is 37.9 Å². The third-order valence-electron chi connectivity index (χ3n) is 5.79. The van der Waals surface area contributed by atoms with Crippen molar-refractivity contribution in [2.75, 3.05) is 43.5 Å². The van der Waals surface area contributed by atoms with Crippen molar-refractivity contribution >= 4 is 17.5 Å². The first-order valence-corrected chi connectivity index (χ1v) is 10.1. The van der Waals surface area contributed by atoms with Crippen molar-refractivity contribution in [1.29, 1.82) is 0 Å². The van der Waals surface area contributed by atoms with E-state index in [1.165, 1.54) is 0 Å². The number of H-pyrrole nitrogens is 1. The Morgan fingerprint density at radius 3 is 2.80 bits per heavy atom. The van der Waals surface area contributed by atoms with E-state index in [4.69, 9.17) is 4.74 Å². The molecular formula is C19H26F3N7O. The van der Waals surface area contributed by atoms with E-state index in [0.717, 1.165) is 51.0 Å². The summed E-state index contributed by atoms with van der Waals surface area (Å²) in [4.78, 5) is 10.4. The molecule has 0 unspecified atom stereocenters. The van der Waals surface area contributed by atoms with Crippen LogP contribution in [0.5, 0.6) is 0 Å².